The third kappa shape index (κ3) is 4.60. The van der Waals surface area contributed by atoms with E-state index in [1.165, 1.54) is 11.4 Å². The Morgan fingerprint density at radius 2 is 1.78 bits per heavy atom. The second-order valence-corrected chi connectivity index (χ2v) is 8.77. The van der Waals surface area contributed by atoms with Crippen LogP contribution in [0, 0.1) is 0 Å². The third-order valence-corrected chi connectivity index (χ3v) is 6.95. The molecule has 2 aliphatic heterocycles. The normalized spacial score (nSPS) is 19.9. The number of carbonyl (C=O) groups is 1. The van der Waals surface area contributed by atoms with Crippen LogP contribution in [0.2, 0.25) is 0 Å². The van der Waals surface area contributed by atoms with E-state index in [1.54, 1.807) is 18.2 Å². The highest BCUT2D eigenvalue weighted by Gasteiger charge is 2.30. The Bertz CT molecular complexity index is 769. The van der Waals surface area contributed by atoms with Crippen LogP contribution in [0.15, 0.2) is 23.1 Å². The van der Waals surface area contributed by atoms with Gasteiger partial charge in [-0.2, -0.15) is 4.31 Å². The van der Waals surface area contributed by atoms with E-state index in [-0.39, 0.29) is 23.0 Å². The lowest BCUT2D eigenvalue weighted by atomic mass is 10.1. The van der Waals surface area contributed by atoms with Crippen LogP contribution in [-0.2, 0) is 26.0 Å². The number of sulfonamides is 1. The molecule has 0 atom stereocenters. The Morgan fingerprint density at radius 3 is 2.41 bits per heavy atom. The van der Waals surface area contributed by atoms with Gasteiger partial charge in [-0.15, -0.1) is 0 Å². The number of hydrogen-bond donors (Lipinski definition) is 0. The van der Waals surface area contributed by atoms with Gasteiger partial charge in [0.15, 0.2) is 0 Å². The molecule has 0 radical (unpaired) electrons. The molecule has 27 heavy (non-hydrogen) atoms. The molecule has 0 bridgehead atoms. The fraction of sp³-hybridized carbons (Fsp3) is 0.611. The number of carbonyl (C=O) groups excluding carboxylic acids is 1. The van der Waals surface area contributed by atoms with Crippen molar-refractivity contribution >= 4 is 15.9 Å². The molecule has 1 aromatic carbocycles. The van der Waals surface area contributed by atoms with E-state index in [1.807, 2.05) is 11.9 Å². The molecule has 9 heteroatoms. The van der Waals surface area contributed by atoms with Crippen LogP contribution >= 0.6 is 0 Å². The Kier molecular flexibility index (Phi) is 6.36. The molecule has 2 heterocycles. The molecule has 2 aliphatic rings. The number of nitrogens with zero attached hydrogens (tertiary/aromatic N) is 3. The van der Waals surface area contributed by atoms with Crippen LogP contribution in [0.3, 0.4) is 0 Å². The molecule has 0 unspecified atom stereocenters. The first-order valence-electron chi connectivity index (χ1n) is 9.13. The molecule has 0 N–H and O–H groups in total. The minimum absolute atomic E-state index is 0.0167. The van der Waals surface area contributed by atoms with E-state index < -0.39 is 10.0 Å². The molecule has 150 valence electrons. The minimum atomic E-state index is -3.70. The fourth-order valence-electron chi connectivity index (χ4n) is 3.30. The van der Waals surface area contributed by atoms with Crippen molar-refractivity contribution in [1.29, 1.82) is 0 Å². The van der Waals surface area contributed by atoms with Crippen molar-refractivity contribution in [3.63, 3.8) is 0 Å². The molecule has 2 fully saturated rings. The third-order valence-electron chi connectivity index (χ3n) is 5.03. The maximum Gasteiger partial charge on any atom is 0.246 e. The number of hydrogen-bond acceptors (Lipinski definition) is 6. The van der Waals surface area contributed by atoms with Crippen LogP contribution in [0.5, 0.6) is 5.75 Å². The number of methoxy groups -OCH3 is 1. The number of morpholine rings is 1. The SMILES string of the molecule is COc1ccc(CC(=O)N2CCN(C)CC2)cc1S(=O)(=O)N1CCOCC1. The Labute approximate surface area is 160 Å². The van der Waals surface area contributed by atoms with Gasteiger partial charge < -0.3 is 19.3 Å². The predicted molar refractivity (Wildman–Crippen MR) is 100 cm³/mol. The van der Waals surface area contributed by atoms with Gasteiger partial charge >= 0.3 is 0 Å². The summed E-state index contributed by atoms with van der Waals surface area (Å²) in [5, 5.41) is 0. The Morgan fingerprint density at radius 1 is 1.11 bits per heavy atom. The zero-order valence-electron chi connectivity index (χ0n) is 15.9. The van der Waals surface area contributed by atoms with Gasteiger partial charge in [0.05, 0.1) is 26.7 Å². The van der Waals surface area contributed by atoms with Gasteiger partial charge in [0.25, 0.3) is 0 Å². The van der Waals surface area contributed by atoms with Gasteiger partial charge in [0, 0.05) is 39.3 Å². The first-order valence-corrected chi connectivity index (χ1v) is 10.6. The number of benzene rings is 1. The first-order chi connectivity index (χ1) is 12.9. The summed E-state index contributed by atoms with van der Waals surface area (Å²) in [5.74, 6) is 0.306. The molecule has 8 nitrogen and oxygen atoms in total. The highest BCUT2D eigenvalue weighted by Crippen LogP contribution is 2.28. The maximum absolute atomic E-state index is 13.0. The number of likely N-dealkylation sites (N-methyl/N-ethyl adjacent to an activating group) is 1. The van der Waals surface area contributed by atoms with E-state index in [9.17, 15) is 13.2 Å². The smallest absolute Gasteiger partial charge is 0.246 e. The molecular weight excluding hydrogens is 370 g/mol. The van der Waals surface area contributed by atoms with Gasteiger partial charge in [-0.3, -0.25) is 4.79 Å². The second kappa shape index (κ2) is 8.55. The highest BCUT2D eigenvalue weighted by molar-refractivity contribution is 7.89. The summed E-state index contributed by atoms with van der Waals surface area (Å²) in [7, 11) is -0.216. The van der Waals surface area contributed by atoms with Crippen molar-refractivity contribution in [3.8, 4) is 5.75 Å². The van der Waals surface area contributed by atoms with E-state index in [0.29, 0.717) is 45.0 Å². The van der Waals surface area contributed by atoms with E-state index in [4.69, 9.17) is 9.47 Å². The number of ether oxygens (including phenoxy) is 2. The molecule has 0 spiro atoms. The lowest BCUT2D eigenvalue weighted by molar-refractivity contribution is -0.132. The van der Waals surface area contributed by atoms with Crippen molar-refractivity contribution < 1.29 is 22.7 Å². The minimum Gasteiger partial charge on any atom is -0.495 e. The molecule has 0 aliphatic carbocycles. The van der Waals surface area contributed by atoms with Crippen LogP contribution < -0.4 is 4.74 Å². The van der Waals surface area contributed by atoms with Crippen molar-refractivity contribution in [2.24, 2.45) is 0 Å². The van der Waals surface area contributed by atoms with Gasteiger partial charge in [-0.05, 0) is 24.7 Å². The summed E-state index contributed by atoms with van der Waals surface area (Å²) in [5.41, 5.74) is 0.673. The first kappa shape index (κ1) is 20.1. The van der Waals surface area contributed by atoms with E-state index in [2.05, 4.69) is 4.90 Å². The molecule has 2 saturated heterocycles. The van der Waals surface area contributed by atoms with Crippen molar-refractivity contribution in [1.82, 2.24) is 14.1 Å². The summed E-state index contributed by atoms with van der Waals surface area (Å²) in [6.45, 7) is 4.49. The average molecular weight is 397 g/mol. The largest absolute Gasteiger partial charge is 0.495 e. The van der Waals surface area contributed by atoms with E-state index >= 15 is 0 Å². The van der Waals surface area contributed by atoms with Crippen LogP contribution in [0.4, 0.5) is 0 Å². The molecule has 1 amide bonds. The van der Waals surface area contributed by atoms with E-state index in [0.717, 1.165) is 13.1 Å². The number of piperazine rings is 1. The second-order valence-electron chi connectivity index (χ2n) is 6.86. The Balaban J connectivity index is 1.80. The van der Waals surface area contributed by atoms with Crippen molar-refractivity contribution in [2.45, 2.75) is 11.3 Å². The summed E-state index contributed by atoms with van der Waals surface area (Å²) in [4.78, 5) is 16.7. The summed E-state index contributed by atoms with van der Waals surface area (Å²) >= 11 is 0. The zero-order valence-corrected chi connectivity index (χ0v) is 16.7. The standard InChI is InChI=1S/C18H27N3O5S/c1-19-5-7-20(8-6-19)18(22)14-15-3-4-16(25-2)17(13-15)27(23,24)21-9-11-26-12-10-21/h3-4,13H,5-12,14H2,1-2H3. The molecular formula is C18H27N3O5S. The zero-order chi connectivity index (χ0) is 19.4. The van der Waals surface area contributed by atoms with Crippen molar-refractivity contribution in [3.05, 3.63) is 23.8 Å². The number of amides is 1. The van der Waals surface area contributed by atoms with Crippen molar-refractivity contribution in [2.75, 3.05) is 66.6 Å². The van der Waals surface area contributed by atoms with Gasteiger partial charge in [-0.1, -0.05) is 6.07 Å². The lowest BCUT2D eigenvalue weighted by Gasteiger charge is -2.32. The molecule has 0 aromatic heterocycles. The van der Waals surface area contributed by atoms with Gasteiger partial charge in [0.1, 0.15) is 10.6 Å². The Hall–Kier alpha value is -1.68. The summed E-state index contributed by atoms with van der Waals surface area (Å²) in [6.07, 6.45) is 0.180. The summed E-state index contributed by atoms with van der Waals surface area (Å²) < 4.78 is 38.0. The average Bonchev–Trinajstić information content (AvgIpc) is 2.69. The van der Waals surface area contributed by atoms with Gasteiger partial charge in [0.2, 0.25) is 15.9 Å². The van der Waals surface area contributed by atoms with Crippen LogP contribution in [-0.4, -0.2) is 95.1 Å². The topological polar surface area (TPSA) is 79.4 Å². The monoisotopic (exact) mass is 397 g/mol. The fourth-order valence-corrected chi connectivity index (χ4v) is 4.91. The lowest BCUT2D eigenvalue weighted by Crippen LogP contribution is -2.47. The predicted octanol–water partition coefficient (Wildman–Crippen LogP) is 0.0326. The molecule has 0 saturated carbocycles. The molecule has 1 aromatic rings. The van der Waals surface area contributed by atoms with Gasteiger partial charge in [-0.25, -0.2) is 8.42 Å². The van der Waals surface area contributed by atoms with Crippen LogP contribution in [0.1, 0.15) is 5.56 Å². The quantitative estimate of drug-likeness (QED) is 0.698. The highest BCUT2D eigenvalue weighted by atomic mass is 32.2. The summed E-state index contributed by atoms with van der Waals surface area (Å²) in [6, 6.07) is 4.95. The molecule has 3 rings (SSSR count). The number of rotatable bonds is 5. The van der Waals surface area contributed by atoms with Crippen LogP contribution in [0.25, 0.3) is 0 Å². The maximum atomic E-state index is 13.0.